The maximum atomic E-state index is 13.0. The van der Waals surface area contributed by atoms with Crippen LogP contribution >= 0.6 is 0 Å². The summed E-state index contributed by atoms with van der Waals surface area (Å²) in [6, 6.07) is 5.04. The Balaban J connectivity index is 2.11. The Labute approximate surface area is 163 Å². The molecule has 0 spiro atoms. The topological polar surface area (TPSA) is 120 Å². The summed E-state index contributed by atoms with van der Waals surface area (Å²) in [5, 5.41) is 32.2. The largest absolute Gasteiger partial charge is 0.492 e. The number of carbonyl (C=O) groups excluding carboxylic acids is 1. The third kappa shape index (κ3) is 3.71. The Hall–Kier alpha value is -3.28. The summed E-state index contributed by atoms with van der Waals surface area (Å²) in [5.74, 6) is -0.209. The number of aryl methyl sites for hydroxylation is 1. The number of amides is 1. The molecule has 1 aliphatic heterocycles. The molecule has 0 radical (unpaired) electrons. The van der Waals surface area contributed by atoms with E-state index in [1.54, 1.807) is 24.0 Å². The van der Waals surface area contributed by atoms with E-state index in [4.69, 9.17) is 0 Å². The van der Waals surface area contributed by atoms with Gasteiger partial charge in [-0.2, -0.15) is 15.0 Å². The third-order valence-corrected chi connectivity index (χ3v) is 4.49. The lowest BCUT2D eigenvalue weighted by Gasteiger charge is -2.16. The van der Waals surface area contributed by atoms with Crippen molar-refractivity contribution in [2.75, 3.05) is 13.1 Å². The van der Waals surface area contributed by atoms with Crippen LogP contribution in [0.1, 0.15) is 50.6 Å². The zero-order valence-corrected chi connectivity index (χ0v) is 16.5. The minimum Gasteiger partial charge on any atom is -0.492 e. The third-order valence-electron chi connectivity index (χ3n) is 4.49. The molecule has 9 nitrogen and oxygen atoms in total. The first-order valence-corrected chi connectivity index (χ1v) is 9.13. The smallest absolute Gasteiger partial charge is 0.346 e. The van der Waals surface area contributed by atoms with Gasteiger partial charge in [-0.05, 0) is 31.9 Å². The maximum absolute atomic E-state index is 13.0. The molecular formula is C19H23N7O2. The lowest BCUT2D eigenvalue weighted by Crippen LogP contribution is -2.32. The Kier molecular flexibility index (Phi) is 5.14. The molecular weight excluding hydrogens is 358 g/mol. The minimum absolute atomic E-state index is 0.0595. The number of azo groups is 1. The summed E-state index contributed by atoms with van der Waals surface area (Å²) < 4.78 is 1.15. The van der Waals surface area contributed by atoms with Gasteiger partial charge < -0.3 is 10.0 Å². The highest BCUT2D eigenvalue weighted by Gasteiger charge is 2.31. The first-order chi connectivity index (χ1) is 13.2. The van der Waals surface area contributed by atoms with E-state index in [1.165, 1.54) is 0 Å². The first kappa shape index (κ1) is 19.5. The van der Waals surface area contributed by atoms with Crippen molar-refractivity contribution < 1.29 is 9.90 Å². The van der Waals surface area contributed by atoms with Gasteiger partial charge in [0.05, 0.1) is 5.69 Å². The van der Waals surface area contributed by atoms with Gasteiger partial charge in [-0.15, -0.1) is 10.2 Å². The molecule has 3 heterocycles. The van der Waals surface area contributed by atoms with Crippen molar-refractivity contribution in [3.05, 3.63) is 29.1 Å². The van der Waals surface area contributed by atoms with Crippen molar-refractivity contribution in [1.29, 1.82) is 5.26 Å². The average molecular weight is 381 g/mol. The molecule has 0 bridgehead atoms. The molecule has 0 aromatic carbocycles. The summed E-state index contributed by atoms with van der Waals surface area (Å²) in [6.07, 6.45) is 1.87. The second-order valence-corrected chi connectivity index (χ2v) is 7.79. The number of nitriles is 1. The second kappa shape index (κ2) is 7.38. The van der Waals surface area contributed by atoms with Gasteiger partial charge in [0.1, 0.15) is 17.3 Å². The van der Waals surface area contributed by atoms with Crippen LogP contribution in [0.3, 0.4) is 0 Å². The number of carbonyl (C=O) groups is 1. The number of likely N-dealkylation sites (tertiary alicyclic amines) is 1. The van der Waals surface area contributed by atoms with Crippen LogP contribution in [0, 0.1) is 18.3 Å². The number of hydrogen-bond donors (Lipinski definition) is 1. The van der Waals surface area contributed by atoms with Crippen molar-refractivity contribution in [2.45, 2.75) is 46.0 Å². The van der Waals surface area contributed by atoms with Crippen LogP contribution in [0.4, 0.5) is 16.3 Å². The quantitative estimate of drug-likeness (QED) is 0.790. The molecule has 146 valence electrons. The normalized spacial score (nSPS) is 14.6. The van der Waals surface area contributed by atoms with Crippen LogP contribution in [0.25, 0.3) is 0 Å². The molecule has 1 saturated heterocycles. The van der Waals surface area contributed by atoms with Gasteiger partial charge in [0.15, 0.2) is 0 Å². The number of nitrogens with zero attached hydrogens (tertiary/aromatic N) is 7. The highest BCUT2D eigenvalue weighted by Crippen LogP contribution is 2.34. The summed E-state index contributed by atoms with van der Waals surface area (Å²) in [5.41, 5.74) is 0.997. The molecule has 28 heavy (non-hydrogen) atoms. The average Bonchev–Trinajstić information content (AvgIpc) is 3.27. The SMILES string of the molecule is Cc1ccc(/N=N\c2c(C#N)c(C(C)(C)C)nn2C(=O)N2CCCC2)c(O)n1. The van der Waals surface area contributed by atoms with Crippen molar-refractivity contribution in [2.24, 2.45) is 10.2 Å². The second-order valence-electron chi connectivity index (χ2n) is 7.79. The zero-order chi connectivity index (χ0) is 20.5. The molecule has 2 aromatic rings. The molecule has 2 aromatic heterocycles. The van der Waals surface area contributed by atoms with E-state index in [2.05, 4.69) is 26.4 Å². The monoisotopic (exact) mass is 381 g/mol. The van der Waals surface area contributed by atoms with E-state index in [-0.39, 0.29) is 29.0 Å². The van der Waals surface area contributed by atoms with E-state index in [0.29, 0.717) is 24.5 Å². The van der Waals surface area contributed by atoms with Crippen LogP contribution in [-0.2, 0) is 5.41 Å². The molecule has 1 amide bonds. The van der Waals surface area contributed by atoms with Crippen molar-refractivity contribution in [3.8, 4) is 11.9 Å². The standard InChI is InChI=1S/C19H23N7O2/c1-12-7-8-14(17(27)21-12)22-23-16-13(11-20)15(19(2,3)4)24-26(16)18(28)25-9-5-6-10-25/h7-8H,5-6,9-10H2,1-4H3,(H,21,27)/b23-22-. The van der Waals surface area contributed by atoms with Gasteiger partial charge in [0.25, 0.3) is 0 Å². The Morgan fingerprint density at radius 3 is 2.50 bits per heavy atom. The predicted octanol–water partition coefficient (Wildman–Crippen LogP) is 3.94. The van der Waals surface area contributed by atoms with Crippen molar-refractivity contribution in [3.63, 3.8) is 0 Å². The van der Waals surface area contributed by atoms with E-state index in [0.717, 1.165) is 17.5 Å². The fraction of sp³-hybridized carbons (Fsp3) is 0.474. The van der Waals surface area contributed by atoms with E-state index < -0.39 is 5.41 Å². The summed E-state index contributed by atoms with van der Waals surface area (Å²) in [4.78, 5) is 18.6. The maximum Gasteiger partial charge on any atom is 0.346 e. The molecule has 3 rings (SSSR count). The van der Waals surface area contributed by atoms with E-state index in [9.17, 15) is 15.2 Å². The molecule has 1 fully saturated rings. The Morgan fingerprint density at radius 1 is 1.25 bits per heavy atom. The lowest BCUT2D eigenvalue weighted by molar-refractivity contribution is 0.207. The van der Waals surface area contributed by atoms with Gasteiger partial charge >= 0.3 is 6.03 Å². The molecule has 0 atom stereocenters. The van der Waals surface area contributed by atoms with Crippen LogP contribution < -0.4 is 0 Å². The van der Waals surface area contributed by atoms with E-state index >= 15 is 0 Å². The van der Waals surface area contributed by atoms with Gasteiger partial charge in [-0.25, -0.2) is 9.78 Å². The summed E-state index contributed by atoms with van der Waals surface area (Å²) in [7, 11) is 0. The summed E-state index contributed by atoms with van der Waals surface area (Å²) in [6.45, 7) is 8.77. The molecule has 0 saturated carbocycles. The molecule has 0 unspecified atom stereocenters. The van der Waals surface area contributed by atoms with Crippen LogP contribution in [0.5, 0.6) is 5.88 Å². The first-order valence-electron chi connectivity index (χ1n) is 9.13. The van der Waals surface area contributed by atoms with Gasteiger partial charge in [0, 0.05) is 24.2 Å². The summed E-state index contributed by atoms with van der Waals surface area (Å²) >= 11 is 0. The van der Waals surface area contributed by atoms with Crippen molar-refractivity contribution in [1.82, 2.24) is 19.7 Å². The number of aromatic hydroxyl groups is 1. The number of rotatable bonds is 2. The van der Waals surface area contributed by atoms with Gasteiger partial charge in [-0.3, -0.25) is 0 Å². The van der Waals surface area contributed by atoms with Crippen LogP contribution in [0.2, 0.25) is 0 Å². The van der Waals surface area contributed by atoms with Crippen molar-refractivity contribution >= 4 is 17.5 Å². The molecule has 0 aliphatic carbocycles. The van der Waals surface area contributed by atoms with Gasteiger partial charge in [-0.1, -0.05) is 20.8 Å². The number of pyridine rings is 1. The number of hydrogen-bond acceptors (Lipinski definition) is 7. The van der Waals surface area contributed by atoms with Crippen LogP contribution in [-0.4, -0.2) is 43.9 Å². The minimum atomic E-state index is -0.459. The molecule has 1 N–H and O–H groups in total. The lowest BCUT2D eigenvalue weighted by atomic mass is 9.90. The number of aromatic nitrogens is 3. The predicted molar refractivity (Wildman–Crippen MR) is 102 cm³/mol. The fourth-order valence-corrected chi connectivity index (χ4v) is 3.02. The fourth-order valence-electron chi connectivity index (χ4n) is 3.02. The van der Waals surface area contributed by atoms with E-state index in [1.807, 2.05) is 20.8 Å². The van der Waals surface area contributed by atoms with Gasteiger partial charge in [0.2, 0.25) is 11.7 Å². The molecule has 9 heteroatoms. The Morgan fingerprint density at radius 2 is 1.93 bits per heavy atom. The zero-order valence-electron chi connectivity index (χ0n) is 16.5. The Bertz CT molecular complexity index is 973. The van der Waals surface area contributed by atoms with Crippen LogP contribution in [0.15, 0.2) is 22.4 Å². The highest BCUT2D eigenvalue weighted by atomic mass is 16.3. The molecule has 1 aliphatic rings. The highest BCUT2D eigenvalue weighted by molar-refractivity contribution is 5.81.